The van der Waals surface area contributed by atoms with Gasteiger partial charge in [0, 0.05) is 5.57 Å². The molecule has 0 saturated heterocycles. The smallest absolute Gasteiger partial charge is 0.485 e. The van der Waals surface area contributed by atoms with Crippen molar-refractivity contribution in [1.29, 1.82) is 0 Å². The number of nitrogens with one attached hydrogen (secondary N) is 1. The summed E-state index contributed by atoms with van der Waals surface area (Å²) in [5.74, 6) is 0. The fourth-order valence-corrected chi connectivity index (χ4v) is 0.718. The summed E-state index contributed by atoms with van der Waals surface area (Å²) in [5, 5.41) is 0. The topological polar surface area (TPSA) is 61.6 Å². The molecule has 88 valence electrons. The van der Waals surface area contributed by atoms with E-state index in [9.17, 15) is 13.2 Å². The molecule has 1 unspecified atom stereocenters. The lowest BCUT2D eigenvalue weighted by Crippen LogP contribution is -2.98. The summed E-state index contributed by atoms with van der Waals surface area (Å²) in [4.78, 5) is 1.36. The fourth-order valence-electron chi connectivity index (χ4n) is 0.718. The Kier molecular flexibility index (Phi) is 4.50. The highest BCUT2D eigenvalue weighted by Gasteiger charge is 2.36. The maximum absolute atomic E-state index is 10.7. The van der Waals surface area contributed by atoms with Gasteiger partial charge in [0.05, 0.1) is 13.2 Å². The van der Waals surface area contributed by atoms with E-state index >= 15 is 0 Å². The van der Waals surface area contributed by atoms with Crippen LogP contribution in [0.25, 0.3) is 0 Å². The number of hydrogen-bond donors (Lipinski definition) is 1. The van der Waals surface area contributed by atoms with E-state index in [0.717, 1.165) is 0 Å². The Morgan fingerprint density at radius 1 is 1.40 bits per heavy atom. The standard InChI is InChI=1S/C6H9N.CHF3O3S/c1-6-3-4-7(2)5-6;2-1(3,4)8(5,6)7/h3-5H,1-2H3;(H,5,6,7). The summed E-state index contributed by atoms with van der Waals surface area (Å²) >= 11 is 0. The molecule has 0 fully saturated rings. The van der Waals surface area contributed by atoms with Crippen LogP contribution in [0.1, 0.15) is 6.92 Å². The maximum atomic E-state index is 10.7. The molecule has 15 heavy (non-hydrogen) atoms. The van der Waals surface area contributed by atoms with E-state index in [-0.39, 0.29) is 0 Å². The maximum Gasteiger partial charge on any atom is 0.485 e. The van der Waals surface area contributed by atoms with Crippen LogP contribution in [0, 0.1) is 0 Å². The van der Waals surface area contributed by atoms with Crippen LogP contribution in [0.3, 0.4) is 0 Å². The van der Waals surface area contributed by atoms with Crippen LogP contribution < -0.4 is 4.90 Å². The highest BCUT2D eigenvalue weighted by atomic mass is 32.2. The number of alkyl halides is 3. The highest BCUT2D eigenvalue weighted by Crippen LogP contribution is 2.20. The zero-order valence-electron chi connectivity index (χ0n) is 8.00. The minimum atomic E-state index is -6.09. The van der Waals surface area contributed by atoms with Crippen LogP contribution in [0.15, 0.2) is 24.0 Å². The van der Waals surface area contributed by atoms with E-state index in [2.05, 4.69) is 32.4 Å². The minimum Gasteiger partial charge on any atom is -0.741 e. The van der Waals surface area contributed by atoms with Crippen LogP contribution >= 0.6 is 0 Å². The Balaban J connectivity index is 0.000000262. The number of allylic oxidation sites excluding steroid dienone is 2. The van der Waals surface area contributed by atoms with Crippen molar-refractivity contribution in [2.75, 3.05) is 7.05 Å². The summed E-state index contributed by atoms with van der Waals surface area (Å²) in [7, 11) is -3.99. The lowest BCUT2D eigenvalue weighted by Gasteiger charge is -2.08. The lowest BCUT2D eigenvalue weighted by molar-refractivity contribution is -0.763. The van der Waals surface area contributed by atoms with Crippen LogP contribution in [0.4, 0.5) is 13.2 Å². The molecule has 0 aromatic rings. The molecule has 4 nitrogen and oxygen atoms in total. The number of halogens is 3. The van der Waals surface area contributed by atoms with Crippen molar-refractivity contribution in [3.63, 3.8) is 0 Å². The van der Waals surface area contributed by atoms with Gasteiger partial charge >= 0.3 is 5.51 Å². The first-order valence-corrected chi connectivity index (χ1v) is 5.17. The van der Waals surface area contributed by atoms with E-state index in [1.165, 1.54) is 10.5 Å². The van der Waals surface area contributed by atoms with Crippen molar-refractivity contribution in [3.8, 4) is 0 Å². The molecular weight excluding hydrogens is 235 g/mol. The van der Waals surface area contributed by atoms with Crippen molar-refractivity contribution >= 4 is 10.1 Å². The van der Waals surface area contributed by atoms with E-state index in [0.29, 0.717) is 0 Å². The Labute approximate surface area is 85.4 Å². The molecule has 0 amide bonds. The molecule has 0 aliphatic carbocycles. The summed E-state index contributed by atoms with van der Waals surface area (Å²) in [6.07, 6.45) is 6.41. The molecule has 0 aromatic carbocycles. The Morgan fingerprint density at radius 3 is 1.87 bits per heavy atom. The van der Waals surface area contributed by atoms with Crippen molar-refractivity contribution in [1.82, 2.24) is 0 Å². The molecule has 1 rings (SSSR count). The second-order valence-electron chi connectivity index (χ2n) is 2.87. The van der Waals surface area contributed by atoms with E-state index in [1.54, 1.807) is 0 Å². The van der Waals surface area contributed by atoms with Crippen LogP contribution in [0.5, 0.6) is 0 Å². The number of quaternary nitrogens is 1. The van der Waals surface area contributed by atoms with E-state index in [4.69, 9.17) is 13.0 Å². The number of hydrogen-bond acceptors (Lipinski definition) is 3. The van der Waals surface area contributed by atoms with Gasteiger partial charge in [-0.15, -0.1) is 0 Å². The lowest BCUT2D eigenvalue weighted by atomic mass is 10.4. The summed E-state index contributed by atoms with van der Waals surface area (Å²) in [6, 6.07) is 0. The van der Waals surface area contributed by atoms with Gasteiger partial charge in [-0.3, -0.25) is 4.90 Å². The molecule has 1 heterocycles. The predicted molar refractivity (Wildman–Crippen MR) is 45.5 cm³/mol. The molecule has 1 atom stereocenters. The molecule has 1 N–H and O–H groups in total. The fraction of sp³-hybridized carbons (Fsp3) is 0.429. The summed E-state index contributed by atoms with van der Waals surface area (Å²) in [6.45, 7) is 2.10. The zero-order valence-corrected chi connectivity index (χ0v) is 8.82. The van der Waals surface area contributed by atoms with Gasteiger partial charge in [-0.1, -0.05) is 0 Å². The first-order chi connectivity index (χ1) is 6.54. The molecule has 0 spiro atoms. The molecule has 1 aliphatic heterocycles. The van der Waals surface area contributed by atoms with Crippen LogP contribution in [0.2, 0.25) is 0 Å². The molecule has 0 aromatic heterocycles. The molecule has 0 radical (unpaired) electrons. The van der Waals surface area contributed by atoms with E-state index < -0.39 is 15.6 Å². The average Bonchev–Trinajstić information content (AvgIpc) is 2.31. The first kappa shape index (κ1) is 14.1. The van der Waals surface area contributed by atoms with Gasteiger partial charge in [0.25, 0.3) is 0 Å². The Hall–Kier alpha value is -0.860. The molecule has 1 aliphatic rings. The molecule has 8 heteroatoms. The van der Waals surface area contributed by atoms with E-state index in [1.807, 2.05) is 0 Å². The van der Waals surface area contributed by atoms with Crippen molar-refractivity contribution in [2.24, 2.45) is 0 Å². The number of rotatable bonds is 0. The Morgan fingerprint density at radius 2 is 1.80 bits per heavy atom. The first-order valence-electron chi connectivity index (χ1n) is 3.76. The van der Waals surface area contributed by atoms with Crippen LogP contribution in [-0.2, 0) is 10.1 Å². The molecule has 0 bridgehead atoms. The minimum absolute atomic E-state index is 1.36. The highest BCUT2D eigenvalue weighted by molar-refractivity contribution is 7.86. The molecule has 0 saturated carbocycles. The van der Waals surface area contributed by atoms with Gasteiger partial charge in [-0.2, -0.15) is 13.2 Å². The van der Waals surface area contributed by atoms with Crippen molar-refractivity contribution < 1.29 is 31.0 Å². The molecular formula is C7H10F3NO3S. The van der Waals surface area contributed by atoms with Crippen molar-refractivity contribution in [3.05, 3.63) is 24.0 Å². The van der Waals surface area contributed by atoms with Gasteiger partial charge in [-0.25, -0.2) is 8.42 Å². The van der Waals surface area contributed by atoms with Gasteiger partial charge in [0.15, 0.2) is 10.1 Å². The Bertz CT molecular complexity index is 369. The third-order valence-corrected chi connectivity index (χ3v) is 1.91. The zero-order chi connectivity index (χ0) is 12.3. The third-order valence-electron chi connectivity index (χ3n) is 1.35. The van der Waals surface area contributed by atoms with Crippen LogP contribution in [-0.4, -0.2) is 25.5 Å². The quantitative estimate of drug-likeness (QED) is 0.482. The van der Waals surface area contributed by atoms with Gasteiger partial charge < -0.3 is 4.55 Å². The van der Waals surface area contributed by atoms with Crippen molar-refractivity contribution in [2.45, 2.75) is 12.4 Å². The SMILES string of the molecule is CC1=C[NH+](C)C=C1.O=S(=O)([O-])C(F)(F)F. The normalized spacial score (nSPS) is 20.7. The monoisotopic (exact) mass is 245 g/mol. The average molecular weight is 245 g/mol. The largest absolute Gasteiger partial charge is 0.741 e. The second kappa shape index (κ2) is 4.77. The summed E-state index contributed by atoms with van der Waals surface area (Å²) < 4.78 is 58.9. The second-order valence-corrected chi connectivity index (χ2v) is 4.24. The predicted octanol–water partition coefficient (Wildman–Crippen LogP) is -0.0164. The van der Waals surface area contributed by atoms with Gasteiger partial charge in [0.2, 0.25) is 0 Å². The van der Waals surface area contributed by atoms with Gasteiger partial charge in [0.1, 0.15) is 6.20 Å². The van der Waals surface area contributed by atoms with Gasteiger partial charge in [-0.05, 0) is 13.0 Å². The summed E-state index contributed by atoms with van der Waals surface area (Å²) in [5.41, 5.74) is -4.29. The third kappa shape index (κ3) is 5.55.